The number of guanidine groups is 1. The highest BCUT2D eigenvalue weighted by atomic mass is 127. The van der Waals surface area contributed by atoms with Gasteiger partial charge in [0.1, 0.15) is 0 Å². The van der Waals surface area contributed by atoms with Gasteiger partial charge in [0.05, 0.1) is 0 Å². The molecule has 130 valence electrons. The lowest BCUT2D eigenvalue weighted by Crippen LogP contribution is -2.42. The van der Waals surface area contributed by atoms with Crippen molar-refractivity contribution in [1.29, 1.82) is 0 Å². The molecule has 5 heteroatoms. The molecule has 1 aromatic rings. The Morgan fingerprint density at radius 1 is 1.13 bits per heavy atom. The quantitative estimate of drug-likeness (QED) is 0.429. The van der Waals surface area contributed by atoms with Gasteiger partial charge in [-0.05, 0) is 50.9 Å². The van der Waals surface area contributed by atoms with Crippen LogP contribution in [-0.4, -0.2) is 44.1 Å². The van der Waals surface area contributed by atoms with Crippen molar-refractivity contribution in [2.75, 3.05) is 33.2 Å². The van der Waals surface area contributed by atoms with E-state index in [9.17, 15) is 0 Å². The number of benzene rings is 1. The summed E-state index contributed by atoms with van der Waals surface area (Å²) >= 11 is 0. The van der Waals surface area contributed by atoms with Crippen LogP contribution >= 0.6 is 24.0 Å². The zero-order valence-electron chi connectivity index (χ0n) is 14.7. The Hall–Kier alpha value is -0.820. The molecule has 0 aliphatic carbocycles. The summed E-state index contributed by atoms with van der Waals surface area (Å²) in [5.41, 5.74) is 3.96. The smallest absolute Gasteiger partial charge is 0.191 e. The summed E-state index contributed by atoms with van der Waals surface area (Å²) < 4.78 is 0. The molecule has 0 aromatic heterocycles. The van der Waals surface area contributed by atoms with Crippen LogP contribution in [0.1, 0.15) is 36.0 Å². The number of aryl methyl sites for hydroxylation is 2. The van der Waals surface area contributed by atoms with Gasteiger partial charge in [0, 0.05) is 26.7 Å². The number of hydrogen-bond acceptors (Lipinski definition) is 2. The molecule has 0 spiro atoms. The van der Waals surface area contributed by atoms with Crippen molar-refractivity contribution in [1.82, 2.24) is 15.5 Å². The van der Waals surface area contributed by atoms with Crippen molar-refractivity contribution in [3.05, 3.63) is 34.9 Å². The number of hydrogen-bond donors (Lipinski definition) is 2. The van der Waals surface area contributed by atoms with Gasteiger partial charge in [0.15, 0.2) is 5.96 Å². The monoisotopic (exact) mass is 430 g/mol. The summed E-state index contributed by atoms with van der Waals surface area (Å²) in [7, 11) is 1.83. The predicted molar refractivity (Wildman–Crippen MR) is 110 cm³/mol. The van der Waals surface area contributed by atoms with Crippen molar-refractivity contribution in [3.8, 4) is 0 Å². The van der Waals surface area contributed by atoms with Gasteiger partial charge < -0.3 is 15.5 Å². The second-order valence-corrected chi connectivity index (χ2v) is 6.18. The van der Waals surface area contributed by atoms with Crippen LogP contribution in [-0.2, 0) is 6.54 Å². The number of nitrogens with one attached hydrogen (secondary N) is 2. The number of piperidine rings is 1. The lowest BCUT2D eigenvalue weighted by Gasteiger charge is -2.26. The van der Waals surface area contributed by atoms with E-state index in [2.05, 4.69) is 52.6 Å². The lowest BCUT2D eigenvalue weighted by atomic mass is 10.1. The summed E-state index contributed by atoms with van der Waals surface area (Å²) in [6.45, 7) is 9.65. The molecule has 0 unspecified atom stereocenters. The normalized spacial score (nSPS) is 15.9. The molecule has 2 rings (SSSR count). The van der Waals surface area contributed by atoms with Crippen LogP contribution in [0.4, 0.5) is 0 Å². The van der Waals surface area contributed by atoms with E-state index in [0.717, 1.165) is 25.6 Å². The molecule has 0 amide bonds. The summed E-state index contributed by atoms with van der Waals surface area (Å²) in [6.07, 6.45) is 4.09. The highest BCUT2D eigenvalue weighted by Crippen LogP contribution is 2.10. The number of nitrogens with zero attached hydrogens (tertiary/aromatic N) is 2. The van der Waals surface area contributed by atoms with E-state index in [1.807, 2.05) is 7.05 Å². The van der Waals surface area contributed by atoms with Crippen LogP contribution < -0.4 is 10.6 Å². The maximum absolute atomic E-state index is 4.31. The average Bonchev–Trinajstić information content (AvgIpc) is 2.53. The van der Waals surface area contributed by atoms with Gasteiger partial charge in [-0.15, -0.1) is 24.0 Å². The molecular weight excluding hydrogens is 399 g/mol. The lowest BCUT2D eigenvalue weighted by molar-refractivity contribution is 0.232. The summed E-state index contributed by atoms with van der Waals surface area (Å²) in [5.74, 6) is 0.886. The van der Waals surface area contributed by atoms with Crippen molar-refractivity contribution in [2.45, 2.75) is 39.7 Å². The SMILES string of the molecule is CN=C(NCCN1CCCCC1)NCc1ccc(C)cc1C.I. The molecule has 23 heavy (non-hydrogen) atoms. The van der Waals surface area contributed by atoms with Gasteiger partial charge in [0.25, 0.3) is 0 Å². The van der Waals surface area contributed by atoms with E-state index in [0.29, 0.717) is 0 Å². The molecule has 1 saturated heterocycles. The van der Waals surface area contributed by atoms with Crippen LogP contribution in [0.15, 0.2) is 23.2 Å². The van der Waals surface area contributed by atoms with E-state index in [1.54, 1.807) is 0 Å². The first-order valence-corrected chi connectivity index (χ1v) is 8.42. The minimum Gasteiger partial charge on any atom is -0.355 e. The number of aliphatic imine (C=N–C) groups is 1. The first kappa shape index (κ1) is 20.2. The van der Waals surface area contributed by atoms with Crippen LogP contribution in [0.25, 0.3) is 0 Å². The molecule has 0 radical (unpaired) electrons. The third kappa shape index (κ3) is 7.08. The van der Waals surface area contributed by atoms with Gasteiger partial charge in [-0.1, -0.05) is 30.2 Å². The van der Waals surface area contributed by atoms with Gasteiger partial charge in [-0.2, -0.15) is 0 Å². The molecule has 2 N–H and O–H groups in total. The Labute approximate surface area is 158 Å². The maximum atomic E-state index is 4.31. The maximum Gasteiger partial charge on any atom is 0.191 e. The second-order valence-electron chi connectivity index (χ2n) is 6.18. The third-order valence-corrected chi connectivity index (χ3v) is 4.34. The Balaban J connectivity index is 0.00000264. The van der Waals surface area contributed by atoms with Crippen molar-refractivity contribution >= 4 is 29.9 Å². The molecule has 0 saturated carbocycles. The highest BCUT2D eigenvalue weighted by molar-refractivity contribution is 14.0. The number of rotatable bonds is 5. The Morgan fingerprint density at radius 3 is 2.52 bits per heavy atom. The zero-order chi connectivity index (χ0) is 15.8. The topological polar surface area (TPSA) is 39.7 Å². The van der Waals surface area contributed by atoms with E-state index >= 15 is 0 Å². The van der Waals surface area contributed by atoms with Crippen LogP contribution in [0, 0.1) is 13.8 Å². The van der Waals surface area contributed by atoms with Crippen molar-refractivity contribution in [3.63, 3.8) is 0 Å². The number of likely N-dealkylation sites (tertiary alicyclic amines) is 1. The molecule has 4 nitrogen and oxygen atoms in total. The van der Waals surface area contributed by atoms with Crippen LogP contribution in [0.2, 0.25) is 0 Å². The predicted octanol–water partition coefficient (Wildman–Crippen LogP) is 3.07. The first-order chi connectivity index (χ1) is 10.7. The Morgan fingerprint density at radius 2 is 1.87 bits per heavy atom. The Bertz CT molecular complexity index is 496. The molecule has 1 aliphatic rings. The van der Waals surface area contributed by atoms with Crippen LogP contribution in [0.5, 0.6) is 0 Å². The van der Waals surface area contributed by atoms with Gasteiger partial charge in [0.2, 0.25) is 0 Å². The van der Waals surface area contributed by atoms with E-state index in [-0.39, 0.29) is 24.0 Å². The molecule has 1 heterocycles. The van der Waals surface area contributed by atoms with Gasteiger partial charge in [-0.25, -0.2) is 0 Å². The van der Waals surface area contributed by atoms with Gasteiger partial charge >= 0.3 is 0 Å². The molecule has 1 aliphatic heterocycles. The minimum atomic E-state index is 0. The molecule has 0 atom stereocenters. The molecule has 0 bridgehead atoms. The fourth-order valence-electron chi connectivity index (χ4n) is 2.96. The van der Waals surface area contributed by atoms with E-state index in [1.165, 1.54) is 49.0 Å². The summed E-state index contributed by atoms with van der Waals surface area (Å²) in [4.78, 5) is 6.84. The third-order valence-electron chi connectivity index (χ3n) is 4.34. The fraction of sp³-hybridized carbons (Fsp3) is 0.611. The molecule has 1 fully saturated rings. The second kappa shape index (κ2) is 10.9. The van der Waals surface area contributed by atoms with Crippen molar-refractivity contribution in [2.24, 2.45) is 4.99 Å². The first-order valence-electron chi connectivity index (χ1n) is 8.42. The Kier molecular flexibility index (Phi) is 9.55. The fourth-order valence-corrected chi connectivity index (χ4v) is 2.96. The molecular formula is C18H31IN4. The van der Waals surface area contributed by atoms with E-state index < -0.39 is 0 Å². The summed E-state index contributed by atoms with van der Waals surface area (Å²) in [6, 6.07) is 6.58. The minimum absolute atomic E-state index is 0. The zero-order valence-corrected chi connectivity index (χ0v) is 17.0. The van der Waals surface area contributed by atoms with Crippen molar-refractivity contribution < 1.29 is 0 Å². The van der Waals surface area contributed by atoms with Gasteiger partial charge in [-0.3, -0.25) is 4.99 Å². The highest BCUT2D eigenvalue weighted by Gasteiger charge is 2.09. The average molecular weight is 430 g/mol. The standard InChI is InChI=1S/C18H30N4.HI/c1-15-7-8-17(16(2)13-15)14-21-18(19-3)20-9-12-22-10-5-4-6-11-22;/h7-8,13H,4-6,9-12,14H2,1-3H3,(H2,19,20,21);1H. The van der Waals surface area contributed by atoms with Crippen LogP contribution in [0.3, 0.4) is 0 Å². The van der Waals surface area contributed by atoms with E-state index in [4.69, 9.17) is 0 Å². The largest absolute Gasteiger partial charge is 0.355 e. The molecule has 1 aromatic carbocycles. The summed E-state index contributed by atoms with van der Waals surface area (Å²) in [5, 5.41) is 6.82. The number of halogens is 1.